The molecule has 0 aliphatic carbocycles. The Kier molecular flexibility index (Phi) is 5.64. The number of anilines is 1. The standard InChI is InChI=1S/C23H22F3N3O/c24-23(25,26)19-9-10-21(27-16-19)28-14-11-18(12-15-28)22(30)29-13-5-4-8-20(29)17-6-2-1-3-7-17/h1-4,6-7,9-10,13,16,18,20H,8,11-12,14-15H2. The number of pyridine rings is 1. The van der Waals surface area contributed by atoms with Crippen LogP contribution in [0, 0.1) is 5.92 Å². The molecular formula is C23H22F3N3O. The lowest BCUT2D eigenvalue weighted by molar-refractivity contribution is -0.138. The van der Waals surface area contributed by atoms with Gasteiger partial charge in [0.05, 0.1) is 11.6 Å². The lowest BCUT2D eigenvalue weighted by atomic mass is 9.92. The number of hydrogen-bond donors (Lipinski definition) is 0. The molecule has 156 valence electrons. The Morgan fingerprint density at radius 3 is 2.43 bits per heavy atom. The number of benzene rings is 1. The van der Waals surface area contributed by atoms with Gasteiger partial charge in [-0.2, -0.15) is 13.2 Å². The van der Waals surface area contributed by atoms with E-state index in [1.54, 1.807) is 11.1 Å². The fraction of sp³-hybridized carbons (Fsp3) is 0.348. The van der Waals surface area contributed by atoms with Crippen molar-refractivity contribution < 1.29 is 18.0 Å². The molecule has 1 atom stereocenters. The van der Waals surface area contributed by atoms with Crippen LogP contribution in [0.2, 0.25) is 0 Å². The second kappa shape index (κ2) is 8.36. The number of rotatable bonds is 3. The molecule has 1 aromatic carbocycles. The summed E-state index contributed by atoms with van der Waals surface area (Å²) in [4.78, 5) is 20.9. The number of carbonyl (C=O) groups excluding carboxylic acids is 1. The Hall–Kier alpha value is -3.05. The molecule has 4 rings (SSSR count). The van der Waals surface area contributed by atoms with Gasteiger partial charge in [-0.15, -0.1) is 5.73 Å². The Labute approximate surface area is 173 Å². The summed E-state index contributed by atoms with van der Waals surface area (Å²) >= 11 is 0. The van der Waals surface area contributed by atoms with Crippen LogP contribution in [-0.2, 0) is 11.0 Å². The van der Waals surface area contributed by atoms with E-state index in [0.29, 0.717) is 31.7 Å². The summed E-state index contributed by atoms with van der Waals surface area (Å²) < 4.78 is 38.2. The predicted octanol–water partition coefficient (Wildman–Crippen LogP) is 4.96. The first-order valence-corrected chi connectivity index (χ1v) is 10.00. The molecule has 1 fully saturated rings. The van der Waals surface area contributed by atoms with Gasteiger partial charge in [-0.1, -0.05) is 30.3 Å². The molecule has 3 heterocycles. The van der Waals surface area contributed by atoms with Crippen molar-refractivity contribution in [3.8, 4) is 0 Å². The molecule has 0 bridgehead atoms. The average molecular weight is 413 g/mol. The van der Waals surface area contributed by atoms with Gasteiger partial charge >= 0.3 is 6.18 Å². The highest BCUT2D eigenvalue weighted by atomic mass is 19.4. The van der Waals surface area contributed by atoms with Crippen LogP contribution in [0.3, 0.4) is 0 Å². The highest BCUT2D eigenvalue weighted by molar-refractivity contribution is 5.81. The third-order valence-electron chi connectivity index (χ3n) is 5.69. The molecule has 0 N–H and O–H groups in total. The molecule has 30 heavy (non-hydrogen) atoms. The van der Waals surface area contributed by atoms with E-state index in [-0.39, 0.29) is 17.9 Å². The fourth-order valence-corrected chi connectivity index (χ4v) is 4.01. The quantitative estimate of drug-likeness (QED) is 0.668. The number of piperidine rings is 1. The van der Waals surface area contributed by atoms with Gasteiger partial charge in [0, 0.05) is 31.4 Å². The first-order chi connectivity index (χ1) is 14.4. The normalized spacial score (nSPS) is 19.9. The van der Waals surface area contributed by atoms with Crippen LogP contribution in [0.25, 0.3) is 0 Å². The van der Waals surface area contributed by atoms with E-state index < -0.39 is 11.7 Å². The number of amides is 1. The molecule has 1 saturated heterocycles. The maximum atomic E-state index is 13.2. The number of nitrogens with zero attached hydrogens (tertiary/aromatic N) is 3. The van der Waals surface area contributed by atoms with Gasteiger partial charge in [0.1, 0.15) is 5.82 Å². The Morgan fingerprint density at radius 2 is 1.80 bits per heavy atom. The molecule has 0 spiro atoms. The van der Waals surface area contributed by atoms with Crippen LogP contribution in [0.5, 0.6) is 0 Å². The zero-order valence-corrected chi connectivity index (χ0v) is 16.3. The van der Waals surface area contributed by atoms with Crippen LogP contribution in [0.15, 0.2) is 66.7 Å². The molecule has 4 nitrogen and oxygen atoms in total. The Balaban J connectivity index is 1.41. The van der Waals surface area contributed by atoms with Crippen LogP contribution in [0.4, 0.5) is 19.0 Å². The summed E-state index contributed by atoms with van der Waals surface area (Å²) in [5.41, 5.74) is 3.38. The second-order valence-corrected chi connectivity index (χ2v) is 7.57. The van der Waals surface area contributed by atoms with Crippen LogP contribution < -0.4 is 4.90 Å². The zero-order chi connectivity index (χ0) is 21.1. The molecule has 2 aliphatic heterocycles. The first-order valence-electron chi connectivity index (χ1n) is 10.00. The van der Waals surface area contributed by atoms with E-state index >= 15 is 0 Å². The minimum atomic E-state index is -4.39. The Morgan fingerprint density at radius 1 is 1.07 bits per heavy atom. The number of hydrogen-bond acceptors (Lipinski definition) is 3. The molecule has 2 aliphatic rings. The molecule has 0 radical (unpaired) electrons. The van der Waals surface area contributed by atoms with Crippen molar-refractivity contribution in [1.82, 2.24) is 9.88 Å². The van der Waals surface area contributed by atoms with Crippen molar-refractivity contribution in [2.75, 3.05) is 18.0 Å². The van der Waals surface area contributed by atoms with E-state index in [9.17, 15) is 18.0 Å². The molecular weight excluding hydrogens is 391 g/mol. The van der Waals surface area contributed by atoms with Gasteiger partial charge in [0.2, 0.25) is 5.91 Å². The van der Waals surface area contributed by atoms with E-state index in [1.807, 2.05) is 41.3 Å². The summed E-state index contributed by atoms with van der Waals surface area (Å²) in [6, 6.07) is 12.4. The minimum absolute atomic E-state index is 0.0328. The summed E-state index contributed by atoms with van der Waals surface area (Å²) in [5.74, 6) is 0.458. The third-order valence-corrected chi connectivity index (χ3v) is 5.69. The highest BCUT2D eigenvalue weighted by Gasteiger charge is 2.33. The largest absolute Gasteiger partial charge is 0.417 e. The van der Waals surface area contributed by atoms with Crippen molar-refractivity contribution in [3.63, 3.8) is 0 Å². The van der Waals surface area contributed by atoms with Crippen molar-refractivity contribution in [1.29, 1.82) is 0 Å². The molecule has 0 saturated carbocycles. The van der Waals surface area contributed by atoms with Crippen LogP contribution >= 0.6 is 0 Å². The number of halogens is 3. The summed E-state index contributed by atoms with van der Waals surface area (Å²) in [5, 5.41) is 0. The van der Waals surface area contributed by atoms with Crippen molar-refractivity contribution in [2.45, 2.75) is 31.5 Å². The number of alkyl halides is 3. The highest BCUT2D eigenvalue weighted by Crippen LogP contribution is 2.33. The lowest BCUT2D eigenvalue weighted by Crippen LogP contribution is -2.42. The molecule has 1 amide bonds. The molecule has 1 aromatic heterocycles. The predicted molar refractivity (Wildman–Crippen MR) is 107 cm³/mol. The van der Waals surface area contributed by atoms with Gasteiger partial charge in [-0.3, -0.25) is 4.79 Å². The minimum Gasteiger partial charge on any atom is -0.357 e. The van der Waals surface area contributed by atoms with Crippen LogP contribution in [0.1, 0.15) is 36.4 Å². The number of aromatic nitrogens is 1. The maximum Gasteiger partial charge on any atom is 0.417 e. The van der Waals surface area contributed by atoms with E-state index in [2.05, 4.69) is 10.7 Å². The Bertz CT molecular complexity index is 942. The topological polar surface area (TPSA) is 36.4 Å². The van der Waals surface area contributed by atoms with Gasteiger partial charge in [-0.05, 0) is 43.0 Å². The monoisotopic (exact) mass is 413 g/mol. The zero-order valence-electron chi connectivity index (χ0n) is 16.3. The van der Waals surface area contributed by atoms with Gasteiger partial charge in [0.25, 0.3) is 0 Å². The van der Waals surface area contributed by atoms with E-state index in [0.717, 1.165) is 24.2 Å². The van der Waals surface area contributed by atoms with Crippen molar-refractivity contribution in [2.24, 2.45) is 5.92 Å². The number of carbonyl (C=O) groups is 1. The third kappa shape index (κ3) is 4.26. The van der Waals surface area contributed by atoms with E-state index in [4.69, 9.17) is 0 Å². The van der Waals surface area contributed by atoms with Gasteiger partial charge in [-0.25, -0.2) is 4.98 Å². The van der Waals surface area contributed by atoms with Crippen molar-refractivity contribution >= 4 is 11.7 Å². The summed E-state index contributed by atoms with van der Waals surface area (Å²) in [6.45, 7) is 1.16. The molecule has 7 heteroatoms. The van der Waals surface area contributed by atoms with Gasteiger partial charge in [0.15, 0.2) is 0 Å². The molecule has 1 unspecified atom stereocenters. The summed E-state index contributed by atoms with van der Waals surface area (Å²) in [7, 11) is 0. The fourth-order valence-electron chi connectivity index (χ4n) is 4.01. The first kappa shape index (κ1) is 20.2. The SMILES string of the molecule is O=C(C1CCN(c2ccc(C(F)(F)F)cn2)CC1)N1C=C=CCC1c1ccccc1. The second-order valence-electron chi connectivity index (χ2n) is 7.57. The lowest BCUT2D eigenvalue weighted by Gasteiger charge is -2.37. The maximum absolute atomic E-state index is 13.2. The van der Waals surface area contributed by atoms with E-state index in [1.165, 1.54) is 6.07 Å². The summed E-state index contributed by atoms with van der Waals surface area (Å²) in [6.07, 6.45) is 2.14. The smallest absolute Gasteiger partial charge is 0.357 e. The van der Waals surface area contributed by atoms with Gasteiger partial charge < -0.3 is 9.80 Å². The van der Waals surface area contributed by atoms with Crippen LogP contribution in [-0.4, -0.2) is 28.9 Å². The molecule has 2 aromatic rings. The average Bonchev–Trinajstić information content (AvgIpc) is 2.79. The van der Waals surface area contributed by atoms with Crippen molar-refractivity contribution in [3.05, 3.63) is 77.8 Å².